The molecule has 2 heterocycles. The fourth-order valence-electron chi connectivity index (χ4n) is 1.88. The molecule has 96 valence electrons. The predicted octanol–water partition coefficient (Wildman–Crippen LogP) is 4.19. The van der Waals surface area contributed by atoms with Gasteiger partial charge in [-0.15, -0.1) is 0 Å². The van der Waals surface area contributed by atoms with Crippen LogP contribution < -0.4 is 5.32 Å². The van der Waals surface area contributed by atoms with E-state index in [1.807, 2.05) is 12.3 Å². The molecule has 4 heteroatoms. The summed E-state index contributed by atoms with van der Waals surface area (Å²) in [5.41, 5.74) is 2.46. The highest BCUT2D eigenvalue weighted by Crippen LogP contribution is 2.24. The molecule has 1 N–H and O–H groups in total. The number of rotatable bonds is 6. The van der Waals surface area contributed by atoms with Crippen molar-refractivity contribution < 1.29 is 0 Å². The van der Waals surface area contributed by atoms with Crippen LogP contribution in [0, 0.1) is 0 Å². The van der Waals surface area contributed by atoms with Crippen LogP contribution in [-0.4, -0.2) is 11.5 Å². The number of hydrogen-bond acceptors (Lipinski definition) is 3. The average molecular weight is 325 g/mol. The second-order valence-electron chi connectivity index (χ2n) is 4.21. The molecule has 1 atom stereocenters. The van der Waals surface area contributed by atoms with Crippen molar-refractivity contribution in [2.24, 2.45) is 0 Å². The fourth-order valence-corrected chi connectivity index (χ4v) is 3.10. The maximum atomic E-state index is 4.51. The lowest BCUT2D eigenvalue weighted by Crippen LogP contribution is -2.25. The first-order chi connectivity index (χ1) is 8.81. The zero-order chi connectivity index (χ0) is 12.8. The summed E-state index contributed by atoms with van der Waals surface area (Å²) in [4.78, 5) is 4.51. The number of thiophene rings is 1. The minimum absolute atomic E-state index is 0.273. The van der Waals surface area contributed by atoms with Gasteiger partial charge in [0.25, 0.3) is 0 Å². The van der Waals surface area contributed by atoms with Gasteiger partial charge in [-0.05, 0) is 69.8 Å². The first-order valence-corrected chi connectivity index (χ1v) is 7.89. The highest BCUT2D eigenvalue weighted by molar-refractivity contribution is 9.10. The zero-order valence-electron chi connectivity index (χ0n) is 10.4. The van der Waals surface area contributed by atoms with Crippen LogP contribution in [0.25, 0.3) is 0 Å². The molecule has 18 heavy (non-hydrogen) atoms. The number of halogens is 1. The Morgan fingerprint density at radius 2 is 2.33 bits per heavy atom. The van der Waals surface area contributed by atoms with Crippen LogP contribution in [0.5, 0.6) is 0 Å². The molecule has 0 radical (unpaired) electrons. The van der Waals surface area contributed by atoms with E-state index in [4.69, 9.17) is 0 Å². The smallest absolute Gasteiger partial charge is 0.0718 e. The molecule has 0 bridgehead atoms. The average Bonchev–Trinajstić information content (AvgIpc) is 2.88. The molecule has 2 nitrogen and oxygen atoms in total. The molecule has 1 unspecified atom stereocenters. The minimum Gasteiger partial charge on any atom is -0.308 e. The Bertz CT molecular complexity index is 470. The molecule has 0 aliphatic rings. The van der Waals surface area contributed by atoms with Crippen LogP contribution in [0.2, 0.25) is 0 Å². The number of aromatic nitrogens is 1. The van der Waals surface area contributed by atoms with Crippen molar-refractivity contribution in [3.63, 3.8) is 0 Å². The highest BCUT2D eigenvalue weighted by Gasteiger charge is 2.15. The predicted molar refractivity (Wildman–Crippen MR) is 81.0 cm³/mol. The van der Waals surface area contributed by atoms with E-state index in [9.17, 15) is 0 Å². The van der Waals surface area contributed by atoms with Gasteiger partial charge in [-0.25, -0.2) is 0 Å². The summed E-state index contributed by atoms with van der Waals surface area (Å²) in [6.07, 6.45) is 3.97. The third-order valence-electron chi connectivity index (χ3n) is 2.78. The molecular formula is C14H17BrN2S. The number of hydrogen-bond donors (Lipinski definition) is 1. The van der Waals surface area contributed by atoms with E-state index >= 15 is 0 Å². The maximum Gasteiger partial charge on any atom is 0.0718 e. The molecule has 0 aliphatic carbocycles. The summed E-state index contributed by atoms with van der Waals surface area (Å²) < 4.78 is 1.08. The van der Waals surface area contributed by atoms with E-state index < -0.39 is 0 Å². The molecule has 0 saturated carbocycles. The Morgan fingerprint density at radius 1 is 1.44 bits per heavy atom. The topological polar surface area (TPSA) is 24.9 Å². The third-order valence-corrected chi connectivity index (χ3v) is 4.18. The van der Waals surface area contributed by atoms with Crippen LogP contribution in [0.15, 0.2) is 39.6 Å². The highest BCUT2D eigenvalue weighted by atomic mass is 79.9. The van der Waals surface area contributed by atoms with E-state index in [0.717, 1.165) is 29.6 Å². The Kier molecular flexibility index (Phi) is 5.35. The summed E-state index contributed by atoms with van der Waals surface area (Å²) in [5.74, 6) is 0. The first-order valence-electron chi connectivity index (χ1n) is 6.16. The van der Waals surface area contributed by atoms with E-state index in [1.165, 1.54) is 5.56 Å². The number of nitrogens with zero attached hydrogens (tertiary/aromatic N) is 1. The molecule has 0 spiro atoms. The Morgan fingerprint density at radius 3 is 3.00 bits per heavy atom. The van der Waals surface area contributed by atoms with Crippen LogP contribution >= 0.6 is 27.3 Å². The van der Waals surface area contributed by atoms with E-state index in [-0.39, 0.29) is 6.04 Å². The Hall–Kier alpha value is -0.710. The summed E-state index contributed by atoms with van der Waals surface area (Å²) in [7, 11) is 0. The Balaban J connectivity index is 2.16. The van der Waals surface area contributed by atoms with Gasteiger partial charge < -0.3 is 5.32 Å². The molecular weight excluding hydrogens is 308 g/mol. The van der Waals surface area contributed by atoms with Gasteiger partial charge in [0.15, 0.2) is 0 Å². The minimum atomic E-state index is 0.273. The summed E-state index contributed by atoms with van der Waals surface area (Å²) in [6.45, 7) is 3.19. The Labute approximate surface area is 121 Å². The lowest BCUT2D eigenvalue weighted by Gasteiger charge is -2.18. The number of nitrogens with one attached hydrogen (secondary N) is 1. The van der Waals surface area contributed by atoms with Crippen molar-refractivity contribution in [2.45, 2.75) is 25.8 Å². The fraction of sp³-hybridized carbons (Fsp3) is 0.357. The van der Waals surface area contributed by atoms with Gasteiger partial charge in [0.2, 0.25) is 0 Å². The molecule has 0 aromatic carbocycles. The van der Waals surface area contributed by atoms with Gasteiger partial charge in [0.05, 0.1) is 11.7 Å². The lowest BCUT2D eigenvalue weighted by molar-refractivity contribution is 0.516. The largest absolute Gasteiger partial charge is 0.308 e. The van der Waals surface area contributed by atoms with Gasteiger partial charge >= 0.3 is 0 Å². The van der Waals surface area contributed by atoms with Gasteiger partial charge in [0.1, 0.15) is 0 Å². The first kappa shape index (κ1) is 13.7. The van der Waals surface area contributed by atoms with Crippen molar-refractivity contribution in [2.75, 3.05) is 6.54 Å². The summed E-state index contributed by atoms with van der Waals surface area (Å²) in [5, 5.41) is 7.91. The van der Waals surface area contributed by atoms with Crippen molar-refractivity contribution in [3.8, 4) is 0 Å². The molecule has 0 amide bonds. The van der Waals surface area contributed by atoms with Crippen molar-refractivity contribution >= 4 is 27.3 Å². The van der Waals surface area contributed by atoms with Gasteiger partial charge in [-0.1, -0.05) is 6.92 Å². The third kappa shape index (κ3) is 3.64. The summed E-state index contributed by atoms with van der Waals surface area (Å²) in [6, 6.07) is 6.46. The lowest BCUT2D eigenvalue weighted by atomic mass is 10.1. The number of pyridine rings is 1. The van der Waals surface area contributed by atoms with E-state index in [1.54, 1.807) is 11.3 Å². The standard InChI is InChI=1S/C14H17BrN2S/c1-2-6-16-13(9-11-5-8-18-10-11)14-12(15)4-3-7-17-14/h3-5,7-8,10,13,16H,2,6,9H2,1H3. The second kappa shape index (κ2) is 7.02. The molecule has 0 aliphatic heterocycles. The molecule has 2 aromatic rings. The van der Waals surface area contributed by atoms with Gasteiger partial charge in [-0.2, -0.15) is 11.3 Å². The van der Waals surface area contributed by atoms with Gasteiger partial charge in [-0.3, -0.25) is 4.98 Å². The second-order valence-corrected chi connectivity index (χ2v) is 5.85. The van der Waals surface area contributed by atoms with Crippen LogP contribution in [0.4, 0.5) is 0 Å². The summed E-state index contributed by atoms with van der Waals surface area (Å²) >= 11 is 5.34. The monoisotopic (exact) mass is 324 g/mol. The van der Waals surface area contributed by atoms with Crippen LogP contribution in [0.3, 0.4) is 0 Å². The molecule has 0 saturated heterocycles. The quantitative estimate of drug-likeness (QED) is 0.861. The SMILES string of the molecule is CCCNC(Cc1ccsc1)c1ncccc1Br. The van der Waals surface area contributed by atoms with Crippen molar-refractivity contribution in [3.05, 3.63) is 50.9 Å². The van der Waals surface area contributed by atoms with Gasteiger partial charge in [0, 0.05) is 10.7 Å². The van der Waals surface area contributed by atoms with Crippen LogP contribution in [0.1, 0.15) is 30.6 Å². The van der Waals surface area contributed by atoms with E-state index in [2.05, 4.69) is 56.0 Å². The molecule has 2 rings (SSSR count). The normalized spacial score (nSPS) is 12.6. The van der Waals surface area contributed by atoms with Crippen molar-refractivity contribution in [1.29, 1.82) is 0 Å². The van der Waals surface area contributed by atoms with Crippen molar-refractivity contribution in [1.82, 2.24) is 10.3 Å². The molecule has 0 fully saturated rings. The molecule has 2 aromatic heterocycles. The van der Waals surface area contributed by atoms with E-state index in [0.29, 0.717) is 0 Å². The van der Waals surface area contributed by atoms with Crippen LogP contribution in [-0.2, 0) is 6.42 Å². The maximum absolute atomic E-state index is 4.51. The zero-order valence-corrected chi connectivity index (χ0v) is 12.8.